The van der Waals surface area contributed by atoms with Gasteiger partial charge in [0.1, 0.15) is 6.04 Å². The number of nitrogens with one attached hydrogen (secondary N) is 1. The molecule has 0 aliphatic carbocycles. The van der Waals surface area contributed by atoms with Gasteiger partial charge in [-0.2, -0.15) is 0 Å². The Morgan fingerprint density at radius 1 is 1.33 bits per heavy atom. The number of ether oxygens (including phenoxy) is 1. The highest BCUT2D eigenvalue weighted by molar-refractivity contribution is 6.04. The van der Waals surface area contributed by atoms with Crippen LogP contribution in [0, 0.1) is 0 Å². The summed E-state index contributed by atoms with van der Waals surface area (Å²) in [6.45, 7) is 1.61. The third-order valence-corrected chi connectivity index (χ3v) is 3.31. The van der Waals surface area contributed by atoms with Crippen LogP contribution in [0.2, 0.25) is 0 Å². The maximum absolute atomic E-state index is 12.1. The molecule has 1 aliphatic heterocycles. The molecule has 98 valence electrons. The van der Waals surface area contributed by atoms with Crippen molar-refractivity contribution in [2.24, 2.45) is 0 Å². The molecule has 0 saturated carbocycles. The van der Waals surface area contributed by atoms with Crippen molar-refractivity contribution in [3.05, 3.63) is 29.8 Å². The lowest BCUT2D eigenvalue weighted by Crippen LogP contribution is -2.32. The highest BCUT2D eigenvalue weighted by Crippen LogP contribution is 2.34. The summed E-state index contributed by atoms with van der Waals surface area (Å²) in [5, 5.41) is 3.33. The van der Waals surface area contributed by atoms with E-state index in [-0.39, 0.29) is 11.9 Å². The number of carbonyl (C=O) groups is 1. The lowest BCUT2D eigenvalue weighted by atomic mass is 10.1. The Bertz CT molecular complexity index is 420. The van der Waals surface area contributed by atoms with Crippen LogP contribution >= 0.6 is 0 Å². The first kappa shape index (κ1) is 13.1. The van der Waals surface area contributed by atoms with Gasteiger partial charge in [-0.3, -0.25) is 4.79 Å². The lowest BCUT2D eigenvalue weighted by molar-refractivity contribution is -0.119. The molecule has 0 spiro atoms. The number of methoxy groups -OCH3 is 1. The van der Waals surface area contributed by atoms with Crippen molar-refractivity contribution in [2.45, 2.75) is 18.9 Å². The van der Waals surface area contributed by atoms with Crippen LogP contribution < -0.4 is 10.2 Å². The number of nitrogens with zero attached hydrogens (tertiary/aromatic N) is 1. The van der Waals surface area contributed by atoms with Crippen LogP contribution in [0.25, 0.3) is 0 Å². The summed E-state index contributed by atoms with van der Waals surface area (Å²) in [4.78, 5) is 13.8. The van der Waals surface area contributed by atoms with E-state index in [0.29, 0.717) is 0 Å². The first-order chi connectivity index (χ1) is 8.75. The molecule has 1 heterocycles. The molecule has 1 amide bonds. The van der Waals surface area contributed by atoms with Gasteiger partial charge in [-0.05, 0) is 25.5 Å². The molecule has 0 bridgehead atoms. The van der Waals surface area contributed by atoms with E-state index in [0.717, 1.165) is 37.2 Å². The topological polar surface area (TPSA) is 41.6 Å². The summed E-state index contributed by atoms with van der Waals surface area (Å²) in [6, 6.07) is 7.76. The predicted octanol–water partition coefficient (Wildman–Crippen LogP) is 1.72. The van der Waals surface area contributed by atoms with E-state index in [1.165, 1.54) is 0 Å². The number of fused-ring (bicyclic) bond motifs is 1. The van der Waals surface area contributed by atoms with Crippen LogP contribution in [0.15, 0.2) is 24.3 Å². The summed E-state index contributed by atoms with van der Waals surface area (Å²) in [7, 11) is 3.53. The van der Waals surface area contributed by atoms with Crippen molar-refractivity contribution in [3.8, 4) is 0 Å². The molecule has 1 N–H and O–H groups in total. The van der Waals surface area contributed by atoms with Gasteiger partial charge < -0.3 is 15.0 Å². The van der Waals surface area contributed by atoms with Crippen molar-refractivity contribution in [1.29, 1.82) is 0 Å². The number of para-hydroxylation sites is 1. The quantitative estimate of drug-likeness (QED) is 0.779. The summed E-state index contributed by atoms with van der Waals surface area (Å²) in [5.74, 6) is 0.128. The molecule has 18 heavy (non-hydrogen) atoms. The number of likely N-dealkylation sites (N-methyl/N-ethyl adjacent to an activating group) is 1. The fourth-order valence-electron chi connectivity index (χ4n) is 2.30. The number of rotatable bonds is 6. The van der Waals surface area contributed by atoms with Gasteiger partial charge >= 0.3 is 0 Å². The summed E-state index contributed by atoms with van der Waals surface area (Å²) >= 11 is 0. The highest BCUT2D eigenvalue weighted by Gasteiger charge is 2.33. The van der Waals surface area contributed by atoms with E-state index in [9.17, 15) is 4.79 Å². The van der Waals surface area contributed by atoms with Gasteiger partial charge in [0, 0.05) is 32.0 Å². The van der Waals surface area contributed by atoms with Crippen molar-refractivity contribution < 1.29 is 9.53 Å². The van der Waals surface area contributed by atoms with Crippen molar-refractivity contribution in [2.75, 3.05) is 32.2 Å². The van der Waals surface area contributed by atoms with Gasteiger partial charge in [-0.25, -0.2) is 0 Å². The first-order valence-electron chi connectivity index (χ1n) is 6.34. The number of hydrogen-bond acceptors (Lipinski definition) is 3. The molecule has 1 aliphatic rings. The van der Waals surface area contributed by atoms with E-state index < -0.39 is 0 Å². The molecule has 0 aromatic heterocycles. The third kappa shape index (κ3) is 2.54. The van der Waals surface area contributed by atoms with Gasteiger partial charge in [-0.15, -0.1) is 0 Å². The number of carbonyl (C=O) groups excluding carboxylic acids is 1. The number of amides is 1. The van der Waals surface area contributed by atoms with E-state index in [1.54, 1.807) is 12.0 Å². The van der Waals surface area contributed by atoms with Crippen LogP contribution in [0.5, 0.6) is 0 Å². The molecule has 0 radical (unpaired) electrons. The summed E-state index contributed by atoms with van der Waals surface area (Å²) in [5.41, 5.74) is 2.09. The number of anilines is 1. The van der Waals surface area contributed by atoms with E-state index in [2.05, 4.69) is 5.32 Å². The van der Waals surface area contributed by atoms with Crippen molar-refractivity contribution in [3.63, 3.8) is 0 Å². The standard InChI is InChI=1S/C14H20N2O2/c1-16-12-8-4-3-7-11(12)13(14(16)17)15-9-5-6-10-18-2/h3-4,7-8,13,15H,5-6,9-10H2,1-2H3. The average Bonchev–Trinajstić information content (AvgIpc) is 2.64. The molecular formula is C14H20N2O2. The van der Waals surface area contributed by atoms with Gasteiger partial charge in [0.05, 0.1) is 0 Å². The van der Waals surface area contributed by atoms with Crippen LogP contribution in [0.3, 0.4) is 0 Å². The molecule has 4 nitrogen and oxygen atoms in total. The fraction of sp³-hybridized carbons (Fsp3) is 0.500. The third-order valence-electron chi connectivity index (χ3n) is 3.31. The molecule has 4 heteroatoms. The van der Waals surface area contributed by atoms with Gasteiger partial charge in [0.25, 0.3) is 0 Å². The smallest absolute Gasteiger partial charge is 0.248 e. The highest BCUT2D eigenvalue weighted by atomic mass is 16.5. The minimum atomic E-state index is -0.186. The summed E-state index contributed by atoms with van der Waals surface area (Å²) in [6.07, 6.45) is 2.03. The molecule has 2 rings (SSSR count). The second-order valence-electron chi connectivity index (χ2n) is 4.54. The van der Waals surface area contributed by atoms with E-state index in [1.807, 2.05) is 31.3 Å². The average molecular weight is 248 g/mol. The Morgan fingerprint density at radius 3 is 2.89 bits per heavy atom. The number of benzene rings is 1. The Morgan fingerprint density at radius 2 is 2.11 bits per heavy atom. The second-order valence-corrected chi connectivity index (χ2v) is 4.54. The Labute approximate surface area is 108 Å². The maximum Gasteiger partial charge on any atom is 0.248 e. The van der Waals surface area contributed by atoms with Gasteiger partial charge in [0.2, 0.25) is 5.91 Å². The van der Waals surface area contributed by atoms with Gasteiger partial charge in [0.15, 0.2) is 0 Å². The monoisotopic (exact) mass is 248 g/mol. The predicted molar refractivity (Wildman–Crippen MR) is 71.7 cm³/mol. The molecule has 0 saturated heterocycles. The lowest BCUT2D eigenvalue weighted by Gasteiger charge is -2.12. The van der Waals surface area contributed by atoms with Crippen molar-refractivity contribution in [1.82, 2.24) is 5.32 Å². The zero-order valence-corrected chi connectivity index (χ0v) is 11.0. The zero-order valence-electron chi connectivity index (χ0n) is 11.0. The second kappa shape index (κ2) is 5.98. The number of hydrogen-bond donors (Lipinski definition) is 1. The fourth-order valence-corrected chi connectivity index (χ4v) is 2.30. The maximum atomic E-state index is 12.1. The van der Waals surface area contributed by atoms with Crippen LogP contribution in [0.1, 0.15) is 24.4 Å². The summed E-state index contributed by atoms with van der Waals surface area (Å²) < 4.78 is 5.01. The van der Waals surface area contributed by atoms with Crippen molar-refractivity contribution >= 4 is 11.6 Å². The molecule has 1 unspecified atom stereocenters. The first-order valence-corrected chi connectivity index (χ1v) is 6.34. The van der Waals surface area contributed by atoms with E-state index in [4.69, 9.17) is 4.74 Å². The normalized spacial score (nSPS) is 18.2. The van der Waals surface area contributed by atoms with Crippen LogP contribution in [-0.4, -0.2) is 33.2 Å². The Kier molecular flexibility index (Phi) is 4.33. The van der Waals surface area contributed by atoms with Crippen LogP contribution in [-0.2, 0) is 9.53 Å². The largest absolute Gasteiger partial charge is 0.385 e. The Balaban J connectivity index is 1.95. The SMILES string of the molecule is COCCCCNC1C(=O)N(C)c2ccccc21. The molecule has 1 aromatic carbocycles. The number of unbranched alkanes of at least 4 members (excludes halogenated alkanes) is 1. The molecule has 0 fully saturated rings. The molecular weight excluding hydrogens is 228 g/mol. The molecule has 1 aromatic rings. The molecule has 1 atom stereocenters. The minimum absolute atomic E-state index is 0.128. The van der Waals surface area contributed by atoms with Crippen LogP contribution in [0.4, 0.5) is 5.69 Å². The minimum Gasteiger partial charge on any atom is -0.385 e. The zero-order chi connectivity index (χ0) is 13.0. The van der Waals surface area contributed by atoms with Gasteiger partial charge in [-0.1, -0.05) is 18.2 Å². The Hall–Kier alpha value is -1.39. The van der Waals surface area contributed by atoms with E-state index >= 15 is 0 Å².